The molecule has 164 valence electrons. The first-order valence-corrected chi connectivity index (χ1v) is 10.5. The first-order chi connectivity index (χ1) is 14.6. The Morgan fingerprint density at radius 3 is 1.83 bits per heavy atom. The number of carbonyl (C=O) groups excluding carboxylic acids is 3. The fraction of sp³-hybridized carbons (Fsp3) is 0.591. The van der Waals surface area contributed by atoms with Crippen LogP contribution in [0.2, 0.25) is 0 Å². The van der Waals surface area contributed by atoms with Crippen LogP contribution >= 0.6 is 0 Å². The molecule has 0 N–H and O–H groups in total. The van der Waals surface area contributed by atoms with Crippen molar-refractivity contribution in [1.82, 2.24) is 9.80 Å². The van der Waals surface area contributed by atoms with Gasteiger partial charge in [-0.2, -0.15) is 0 Å². The summed E-state index contributed by atoms with van der Waals surface area (Å²) in [5.74, 6) is -1.25. The molecule has 8 heteroatoms. The van der Waals surface area contributed by atoms with Crippen LogP contribution in [0.5, 0.6) is 0 Å². The number of amides is 3. The van der Waals surface area contributed by atoms with Crippen molar-refractivity contribution in [2.24, 2.45) is 5.92 Å². The second kappa shape index (κ2) is 10.7. The Morgan fingerprint density at radius 2 is 1.37 bits per heavy atom. The highest BCUT2D eigenvalue weighted by molar-refractivity contribution is 6.22. The Hall–Kier alpha value is -2.29. The summed E-state index contributed by atoms with van der Waals surface area (Å²) in [6.07, 6.45) is 0.655. The largest absolute Gasteiger partial charge is 0.377 e. The molecule has 0 aromatic heterocycles. The Bertz CT molecular complexity index is 721. The number of ether oxygens (including phenoxy) is 3. The van der Waals surface area contributed by atoms with Crippen LogP contribution in [0.1, 0.15) is 41.0 Å². The zero-order valence-corrected chi connectivity index (χ0v) is 17.7. The summed E-state index contributed by atoms with van der Waals surface area (Å²) in [6.45, 7) is 7.10. The van der Waals surface area contributed by atoms with Crippen molar-refractivity contribution in [3.8, 4) is 0 Å². The number of rotatable bonds is 4. The second-order valence-electron chi connectivity index (χ2n) is 7.52. The third-order valence-electron chi connectivity index (χ3n) is 5.61. The van der Waals surface area contributed by atoms with Gasteiger partial charge in [-0.25, -0.2) is 0 Å². The third kappa shape index (κ3) is 4.88. The van der Waals surface area contributed by atoms with Gasteiger partial charge in [-0.3, -0.25) is 19.3 Å². The minimum Gasteiger partial charge on any atom is -0.377 e. The molecule has 30 heavy (non-hydrogen) atoms. The molecule has 0 spiro atoms. The molecule has 0 saturated carbocycles. The molecular weight excluding hydrogens is 388 g/mol. The van der Waals surface area contributed by atoms with Crippen LogP contribution in [0.25, 0.3) is 0 Å². The van der Waals surface area contributed by atoms with Crippen molar-refractivity contribution in [3.63, 3.8) is 0 Å². The molecular formula is C22H30N2O6. The lowest BCUT2D eigenvalue weighted by atomic mass is 9.96. The second-order valence-corrected chi connectivity index (χ2v) is 7.52. The van der Waals surface area contributed by atoms with Gasteiger partial charge in [0.1, 0.15) is 6.04 Å². The summed E-state index contributed by atoms with van der Waals surface area (Å²) in [5.41, 5.74) is 0.702. The molecule has 2 heterocycles. The predicted molar refractivity (Wildman–Crippen MR) is 109 cm³/mol. The minimum absolute atomic E-state index is 0.184. The number of imide groups is 1. The molecule has 1 saturated heterocycles. The van der Waals surface area contributed by atoms with E-state index in [4.69, 9.17) is 14.2 Å². The topological polar surface area (TPSA) is 85.4 Å². The molecule has 8 nitrogen and oxygen atoms in total. The van der Waals surface area contributed by atoms with E-state index in [1.54, 1.807) is 29.2 Å². The highest BCUT2D eigenvalue weighted by atomic mass is 16.5. The van der Waals surface area contributed by atoms with Crippen molar-refractivity contribution in [3.05, 3.63) is 35.4 Å². The van der Waals surface area contributed by atoms with Gasteiger partial charge in [-0.15, -0.1) is 0 Å². The van der Waals surface area contributed by atoms with Gasteiger partial charge in [-0.05, 0) is 18.1 Å². The molecule has 1 aromatic rings. The molecule has 3 rings (SSSR count). The normalized spacial score (nSPS) is 20.9. The van der Waals surface area contributed by atoms with E-state index in [1.807, 2.05) is 13.8 Å². The molecule has 2 aliphatic rings. The van der Waals surface area contributed by atoms with E-state index in [1.165, 1.54) is 0 Å². The maximum atomic E-state index is 13.6. The molecule has 2 atom stereocenters. The lowest BCUT2D eigenvalue weighted by Crippen LogP contribution is -2.55. The van der Waals surface area contributed by atoms with Crippen molar-refractivity contribution >= 4 is 17.7 Å². The highest BCUT2D eigenvalue weighted by Crippen LogP contribution is 2.29. The van der Waals surface area contributed by atoms with Gasteiger partial charge < -0.3 is 19.1 Å². The van der Waals surface area contributed by atoms with Crippen LogP contribution in [0.3, 0.4) is 0 Å². The molecule has 3 amide bonds. The lowest BCUT2D eigenvalue weighted by molar-refractivity contribution is -0.139. The van der Waals surface area contributed by atoms with Crippen LogP contribution < -0.4 is 0 Å². The SMILES string of the molecule is CC[C@H](C)[C@H](C(=O)N1CCOCCOCCOCC1)N1C(=O)c2ccccc2C1=O. The fourth-order valence-electron chi connectivity index (χ4n) is 3.70. The molecule has 0 aliphatic carbocycles. The van der Waals surface area contributed by atoms with Crippen molar-refractivity contribution in [1.29, 1.82) is 0 Å². The van der Waals surface area contributed by atoms with Crippen LogP contribution in [0.4, 0.5) is 0 Å². The minimum atomic E-state index is -0.862. The van der Waals surface area contributed by atoms with E-state index in [2.05, 4.69) is 0 Å². The first-order valence-electron chi connectivity index (χ1n) is 10.5. The van der Waals surface area contributed by atoms with Crippen LogP contribution in [-0.2, 0) is 19.0 Å². The zero-order chi connectivity index (χ0) is 21.5. The Balaban J connectivity index is 1.82. The average molecular weight is 418 g/mol. The maximum absolute atomic E-state index is 13.6. The van der Waals surface area contributed by atoms with Crippen molar-refractivity contribution in [2.75, 3.05) is 52.7 Å². The standard InChI is InChI=1S/C22H30N2O6/c1-3-16(2)19(24-20(25)17-6-4-5-7-18(17)21(24)26)22(27)23-8-10-28-12-14-30-15-13-29-11-9-23/h4-7,16,19H,3,8-15H2,1-2H3/t16-,19+/m0/s1. The summed E-state index contributed by atoms with van der Waals surface area (Å²) >= 11 is 0. The smallest absolute Gasteiger partial charge is 0.262 e. The summed E-state index contributed by atoms with van der Waals surface area (Å²) in [5, 5.41) is 0. The van der Waals surface area contributed by atoms with Crippen LogP contribution in [0.15, 0.2) is 24.3 Å². The van der Waals surface area contributed by atoms with E-state index < -0.39 is 17.9 Å². The Labute approximate surface area is 177 Å². The summed E-state index contributed by atoms with van der Waals surface area (Å²) in [6, 6.07) is 5.85. The van der Waals surface area contributed by atoms with E-state index in [0.717, 1.165) is 4.90 Å². The number of fused-ring (bicyclic) bond motifs is 1. The van der Waals surface area contributed by atoms with Gasteiger partial charge in [-0.1, -0.05) is 32.4 Å². The van der Waals surface area contributed by atoms with Crippen LogP contribution in [0, 0.1) is 5.92 Å². The highest BCUT2D eigenvalue weighted by Gasteiger charge is 2.45. The Kier molecular flexibility index (Phi) is 7.95. The predicted octanol–water partition coefficient (Wildman–Crippen LogP) is 1.59. The number of nitrogens with zero attached hydrogens (tertiary/aromatic N) is 2. The van der Waals surface area contributed by atoms with E-state index in [-0.39, 0.29) is 11.8 Å². The first kappa shape index (κ1) is 22.4. The summed E-state index contributed by atoms with van der Waals surface area (Å²) in [7, 11) is 0. The Morgan fingerprint density at radius 1 is 0.900 bits per heavy atom. The maximum Gasteiger partial charge on any atom is 0.262 e. The van der Waals surface area contributed by atoms with Gasteiger partial charge >= 0.3 is 0 Å². The monoisotopic (exact) mass is 418 g/mol. The van der Waals surface area contributed by atoms with E-state index in [0.29, 0.717) is 70.3 Å². The van der Waals surface area contributed by atoms with Gasteiger partial charge in [0.25, 0.3) is 11.8 Å². The summed E-state index contributed by atoms with van der Waals surface area (Å²) in [4.78, 5) is 42.4. The van der Waals surface area contributed by atoms with E-state index in [9.17, 15) is 14.4 Å². The van der Waals surface area contributed by atoms with Crippen molar-refractivity contribution in [2.45, 2.75) is 26.3 Å². The third-order valence-corrected chi connectivity index (χ3v) is 5.61. The number of benzene rings is 1. The zero-order valence-electron chi connectivity index (χ0n) is 17.7. The van der Waals surface area contributed by atoms with Gasteiger partial charge in [0.2, 0.25) is 5.91 Å². The molecule has 1 aromatic carbocycles. The number of hydrogen-bond donors (Lipinski definition) is 0. The molecule has 0 unspecified atom stereocenters. The molecule has 2 aliphatic heterocycles. The van der Waals surface area contributed by atoms with Gasteiger partial charge in [0.05, 0.1) is 50.8 Å². The quantitative estimate of drug-likeness (QED) is 0.691. The molecule has 1 fully saturated rings. The number of carbonyl (C=O) groups is 3. The van der Waals surface area contributed by atoms with Gasteiger partial charge in [0.15, 0.2) is 0 Å². The molecule has 0 bridgehead atoms. The van der Waals surface area contributed by atoms with Gasteiger partial charge in [0, 0.05) is 13.1 Å². The van der Waals surface area contributed by atoms with Crippen LogP contribution in [-0.4, -0.2) is 86.3 Å². The average Bonchev–Trinajstić information content (AvgIpc) is 2.99. The van der Waals surface area contributed by atoms with E-state index >= 15 is 0 Å². The van der Waals surface area contributed by atoms with Crippen molar-refractivity contribution < 1.29 is 28.6 Å². The lowest BCUT2D eigenvalue weighted by Gasteiger charge is -2.34. The molecule has 0 radical (unpaired) electrons. The summed E-state index contributed by atoms with van der Waals surface area (Å²) < 4.78 is 16.5. The number of hydrogen-bond acceptors (Lipinski definition) is 6. The fourth-order valence-corrected chi connectivity index (χ4v) is 3.70.